The average Bonchev–Trinajstić information content (AvgIpc) is 2.89. The molecule has 7 nitrogen and oxygen atoms in total. The van der Waals surface area contributed by atoms with Gasteiger partial charge in [0.05, 0.1) is 6.54 Å². The third-order valence-electron chi connectivity index (χ3n) is 2.55. The van der Waals surface area contributed by atoms with Crippen LogP contribution < -0.4 is 10.6 Å². The number of aromatic amines is 1. The number of rotatable bonds is 4. The molecule has 0 aliphatic rings. The van der Waals surface area contributed by atoms with Crippen LogP contribution in [0.5, 0.6) is 0 Å². The number of H-pyrrole nitrogens is 1. The van der Waals surface area contributed by atoms with E-state index in [1.54, 1.807) is 6.07 Å². The second kappa shape index (κ2) is 5.26. The first-order valence-corrected chi connectivity index (χ1v) is 5.49. The predicted molar refractivity (Wildman–Crippen MR) is 66.1 cm³/mol. The lowest BCUT2D eigenvalue weighted by atomic mass is 10.1. The second-order valence-electron chi connectivity index (χ2n) is 3.79. The van der Waals surface area contributed by atoms with Gasteiger partial charge in [-0.3, -0.25) is 4.79 Å². The summed E-state index contributed by atoms with van der Waals surface area (Å²) in [7, 11) is 1.85. The molecule has 94 valence electrons. The Kier molecular flexibility index (Phi) is 3.52. The number of carbonyl (C=O) groups is 1. The van der Waals surface area contributed by atoms with Crippen molar-refractivity contribution in [3.63, 3.8) is 0 Å². The Labute approximate surface area is 104 Å². The molecule has 0 atom stereocenters. The van der Waals surface area contributed by atoms with Crippen LogP contribution in [-0.4, -0.2) is 33.6 Å². The monoisotopic (exact) mass is 246 g/mol. The van der Waals surface area contributed by atoms with Crippen LogP contribution in [0.15, 0.2) is 18.2 Å². The molecule has 0 radical (unpaired) electrons. The molecule has 1 aromatic carbocycles. The number of nitrogens with zero attached hydrogens (tertiary/aromatic N) is 3. The van der Waals surface area contributed by atoms with Crippen molar-refractivity contribution in [2.75, 3.05) is 12.4 Å². The van der Waals surface area contributed by atoms with E-state index in [2.05, 4.69) is 31.3 Å². The fourth-order valence-electron chi connectivity index (χ4n) is 1.60. The molecule has 0 bridgehead atoms. The number of amides is 1. The van der Waals surface area contributed by atoms with E-state index in [-0.39, 0.29) is 12.5 Å². The summed E-state index contributed by atoms with van der Waals surface area (Å²) in [6, 6.07) is 5.47. The van der Waals surface area contributed by atoms with Crippen molar-refractivity contribution in [3.05, 3.63) is 35.2 Å². The van der Waals surface area contributed by atoms with Gasteiger partial charge in [-0.15, -0.1) is 10.2 Å². The van der Waals surface area contributed by atoms with Crippen LogP contribution in [0.4, 0.5) is 5.69 Å². The van der Waals surface area contributed by atoms with Crippen LogP contribution in [0, 0.1) is 6.92 Å². The van der Waals surface area contributed by atoms with Crippen LogP contribution in [0.1, 0.15) is 21.7 Å². The van der Waals surface area contributed by atoms with E-state index in [1.165, 1.54) is 0 Å². The van der Waals surface area contributed by atoms with E-state index >= 15 is 0 Å². The van der Waals surface area contributed by atoms with Crippen LogP contribution in [0.25, 0.3) is 0 Å². The molecule has 0 unspecified atom stereocenters. The van der Waals surface area contributed by atoms with Crippen LogP contribution in [-0.2, 0) is 6.54 Å². The van der Waals surface area contributed by atoms with Crippen molar-refractivity contribution in [2.24, 2.45) is 0 Å². The summed E-state index contributed by atoms with van der Waals surface area (Å²) in [6.07, 6.45) is 0. The van der Waals surface area contributed by atoms with Crippen molar-refractivity contribution in [1.82, 2.24) is 25.9 Å². The molecule has 1 heterocycles. The summed E-state index contributed by atoms with van der Waals surface area (Å²) in [5.74, 6) is 0.289. The fourth-order valence-corrected chi connectivity index (χ4v) is 1.60. The summed E-state index contributed by atoms with van der Waals surface area (Å²) in [4.78, 5) is 11.9. The van der Waals surface area contributed by atoms with Gasteiger partial charge in [-0.2, -0.15) is 5.21 Å². The maximum absolute atomic E-state index is 11.9. The van der Waals surface area contributed by atoms with Crippen LogP contribution in [0.2, 0.25) is 0 Å². The standard InChI is InChI=1S/C11H14N6O/c1-7-5-8(3-4-9(7)12-2)11(18)13-6-10-14-16-17-15-10/h3-5,12H,6H2,1-2H3,(H,13,18)(H,14,15,16,17). The van der Waals surface area contributed by atoms with Gasteiger partial charge in [0.2, 0.25) is 0 Å². The lowest BCUT2D eigenvalue weighted by Gasteiger charge is -2.07. The fraction of sp³-hybridized carbons (Fsp3) is 0.273. The lowest BCUT2D eigenvalue weighted by Crippen LogP contribution is -2.23. The molecule has 18 heavy (non-hydrogen) atoms. The van der Waals surface area contributed by atoms with Gasteiger partial charge < -0.3 is 10.6 Å². The molecule has 0 aliphatic heterocycles. The Morgan fingerprint density at radius 3 is 2.89 bits per heavy atom. The molecular formula is C11H14N6O. The van der Waals surface area contributed by atoms with Gasteiger partial charge in [0.25, 0.3) is 5.91 Å². The summed E-state index contributed by atoms with van der Waals surface area (Å²) in [6.45, 7) is 2.20. The van der Waals surface area contributed by atoms with Crippen molar-refractivity contribution in [1.29, 1.82) is 0 Å². The Bertz CT molecular complexity index is 536. The maximum Gasteiger partial charge on any atom is 0.251 e. The zero-order valence-electron chi connectivity index (χ0n) is 10.2. The highest BCUT2D eigenvalue weighted by Gasteiger charge is 2.08. The Balaban J connectivity index is 2.02. The van der Waals surface area contributed by atoms with Gasteiger partial charge in [0, 0.05) is 18.3 Å². The van der Waals surface area contributed by atoms with Crippen LogP contribution in [0.3, 0.4) is 0 Å². The van der Waals surface area contributed by atoms with Crippen molar-refractivity contribution >= 4 is 11.6 Å². The number of tetrazole rings is 1. The smallest absolute Gasteiger partial charge is 0.251 e. The van der Waals surface area contributed by atoms with E-state index in [4.69, 9.17) is 0 Å². The van der Waals surface area contributed by atoms with Gasteiger partial charge in [0.1, 0.15) is 0 Å². The first-order valence-electron chi connectivity index (χ1n) is 5.49. The van der Waals surface area contributed by atoms with E-state index in [9.17, 15) is 4.79 Å². The van der Waals surface area contributed by atoms with Gasteiger partial charge in [0.15, 0.2) is 5.82 Å². The number of carbonyl (C=O) groups excluding carboxylic acids is 1. The van der Waals surface area contributed by atoms with Crippen molar-refractivity contribution in [2.45, 2.75) is 13.5 Å². The Morgan fingerprint density at radius 2 is 2.28 bits per heavy atom. The molecule has 0 aliphatic carbocycles. The molecular weight excluding hydrogens is 232 g/mol. The third kappa shape index (κ3) is 2.62. The van der Waals surface area contributed by atoms with Gasteiger partial charge in [-0.05, 0) is 30.7 Å². The lowest BCUT2D eigenvalue weighted by molar-refractivity contribution is 0.0950. The number of nitrogens with one attached hydrogen (secondary N) is 3. The maximum atomic E-state index is 11.9. The van der Waals surface area contributed by atoms with E-state index in [0.29, 0.717) is 11.4 Å². The van der Waals surface area contributed by atoms with Crippen molar-refractivity contribution in [3.8, 4) is 0 Å². The van der Waals surface area contributed by atoms with E-state index in [1.807, 2.05) is 26.1 Å². The molecule has 0 fully saturated rings. The molecule has 2 rings (SSSR count). The molecule has 0 spiro atoms. The molecule has 7 heteroatoms. The normalized spacial score (nSPS) is 10.1. The minimum Gasteiger partial charge on any atom is -0.388 e. The predicted octanol–water partition coefficient (Wildman–Crippen LogP) is 0.480. The minimum atomic E-state index is -0.162. The number of hydrogen-bond acceptors (Lipinski definition) is 5. The topological polar surface area (TPSA) is 95.6 Å². The molecule has 2 aromatic rings. The average molecular weight is 246 g/mol. The Hall–Kier alpha value is -2.44. The zero-order chi connectivity index (χ0) is 13.0. The summed E-state index contributed by atoms with van der Waals surface area (Å²) >= 11 is 0. The molecule has 3 N–H and O–H groups in total. The first-order chi connectivity index (χ1) is 8.70. The summed E-state index contributed by atoms with van der Waals surface area (Å²) in [5.41, 5.74) is 2.63. The molecule has 0 saturated heterocycles. The van der Waals surface area contributed by atoms with Gasteiger partial charge in [-0.1, -0.05) is 5.21 Å². The number of aryl methyl sites for hydroxylation is 1. The van der Waals surface area contributed by atoms with Crippen LogP contribution >= 0.6 is 0 Å². The Morgan fingerprint density at radius 1 is 1.44 bits per heavy atom. The number of hydrogen-bond donors (Lipinski definition) is 3. The van der Waals surface area contributed by atoms with Gasteiger partial charge >= 0.3 is 0 Å². The minimum absolute atomic E-state index is 0.162. The summed E-state index contributed by atoms with van der Waals surface area (Å²) in [5, 5.41) is 19.0. The number of anilines is 1. The molecule has 1 aromatic heterocycles. The van der Waals surface area contributed by atoms with E-state index in [0.717, 1.165) is 11.3 Å². The molecule has 1 amide bonds. The second-order valence-corrected chi connectivity index (χ2v) is 3.79. The number of aromatic nitrogens is 4. The van der Waals surface area contributed by atoms with Crippen molar-refractivity contribution < 1.29 is 4.79 Å². The van der Waals surface area contributed by atoms with Gasteiger partial charge in [-0.25, -0.2) is 0 Å². The quantitative estimate of drug-likeness (QED) is 0.729. The molecule has 0 saturated carbocycles. The third-order valence-corrected chi connectivity index (χ3v) is 2.55. The summed E-state index contributed by atoms with van der Waals surface area (Å²) < 4.78 is 0. The first kappa shape index (κ1) is 12.0. The largest absolute Gasteiger partial charge is 0.388 e. The van der Waals surface area contributed by atoms with E-state index < -0.39 is 0 Å². The highest BCUT2D eigenvalue weighted by Crippen LogP contribution is 2.15. The highest BCUT2D eigenvalue weighted by molar-refractivity contribution is 5.94. The zero-order valence-corrected chi connectivity index (χ0v) is 10.2. The SMILES string of the molecule is CNc1ccc(C(=O)NCc2nn[nH]n2)cc1C. The number of benzene rings is 1. The highest BCUT2D eigenvalue weighted by atomic mass is 16.1.